The van der Waals surface area contributed by atoms with Crippen LogP contribution >= 0.6 is 0 Å². The maximum Gasteiger partial charge on any atom is 0.234 e. The van der Waals surface area contributed by atoms with Crippen molar-refractivity contribution in [1.29, 1.82) is 0 Å². The zero-order valence-electron chi connectivity index (χ0n) is 13.2. The monoisotopic (exact) mass is 316 g/mol. The summed E-state index contributed by atoms with van der Waals surface area (Å²) in [6.45, 7) is 4.89. The van der Waals surface area contributed by atoms with Crippen LogP contribution in [0.2, 0.25) is 0 Å². The number of amides is 1. The SMILES string of the molecule is CC(C)(NCC(=O)NCc1ccco1)c1ccc2c(c1)OCO2. The summed E-state index contributed by atoms with van der Waals surface area (Å²) in [6, 6.07) is 9.42. The second kappa shape index (κ2) is 6.34. The highest BCUT2D eigenvalue weighted by Crippen LogP contribution is 2.35. The van der Waals surface area contributed by atoms with E-state index in [4.69, 9.17) is 13.9 Å². The van der Waals surface area contributed by atoms with Crippen LogP contribution in [-0.2, 0) is 16.9 Å². The van der Waals surface area contributed by atoms with Gasteiger partial charge in [0.25, 0.3) is 0 Å². The Morgan fingerprint density at radius 3 is 2.83 bits per heavy atom. The van der Waals surface area contributed by atoms with Crippen LogP contribution in [0.5, 0.6) is 11.5 Å². The first-order valence-electron chi connectivity index (χ1n) is 7.49. The largest absolute Gasteiger partial charge is 0.467 e. The maximum atomic E-state index is 11.9. The molecule has 0 fully saturated rings. The molecule has 0 atom stereocenters. The van der Waals surface area contributed by atoms with Gasteiger partial charge < -0.3 is 19.2 Å². The van der Waals surface area contributed by atoms with Crippen LogP contribution in [-0.4, -0.2) is 19.2 Å². The fraction of sp³-hybridized carbons (Fsp3) is 0.353. The third-order valence-electron chi connectivity index (χ3n) is 3.83. The van der Waals surface area contributed by atoms with Gasteiger partial charge >= 0.3 is 0 Å². The zero-order chi connectivity index (χ0) is 16.3. The minimum atomic E-state index is -0.372. The molecule has 0 saturated heterocycles. The number of carbonyl (C=O) groups is 1. The van der Waals surface area contributed by atoms with Gasteiger partial charge in [0, 0.05) is 5.54 Å². The summed E-state index contributed by atoms with van der Waals surface area (Å²) >= 11 is 0. The molecule has 0 radical (unpaired) electrons. The van der Waals surface area contributed by atoms with Crippen molar-refractivity contribution >= 4 is 5.91 Å². The Kier molecular flexibility index (Phi) is 4.25. The van der Waals surface area contributed by atoms with Crippen molar-refractivity contribution in [2.75, 3.05) is 13.3 Å². The molecule has 0 bridgehead atoms. The van der Waals surface area contributed by atoms with Crippen LogP contribution < -0.4 is 20.1 Å². The minimum Gasteiger partial charge on any atom is -0.467 e. The first-order valence-corrected chi connectivity index (χ1v) is 7.49. The molecule has 2 heterocycles. The molecule has 0 unspecified atom stereocenters. The molecule has 2 N–H and O–H groups in total. The van der Waals surface area contributed by atoms with E-state index in [0.717, 1.165) is 22.8 Å². The van der Waals surface area contributed by atoms with Gasteiger partial charge in [-0.1, -0.05) is 6.07 Å². The molecular formula is C17H20N2O4. The number of fused-ring (bicyclic) bond motifs is 1. The molecule has 23 heavy (non-hydrogen) atoms. The molecule has 0 aliphatic carbocycles. The molecule has 1 aromatic heterocycles. The van der Waals surface area contributed by atoms with E-state index < -0.39 is 0 Å². The lowest BCUT2D eigenvalue weighted by atomic mass is 9.94. The second-order valence-electron chi connectivity index (χ2n) is 5.90. The van der Waals surface area contributed by atoms with E-state index in [9.17, 15) is 4.79 Å². The van der Waals surface area contributed by atoms with Crippen molar-refractivity contribution in [1.82, 2.24) is 10.6 Å². The number of furan rings is 1. The Hall–Kier alpha value is -2.47. The van der Waals surface area contributed by atoms with Gasteiger partial charge in [-0.15, -0.1) is 0 Å². The number of ether oxygens (including phenoxy) is 2. The summed E-state index contributed by atoms with van der Waals surface area (Å²) < 4.78 is 15.9. The van der Waals surface area contributed by atoms with E-state index in [1.165, 1.54) is 0 Å². The molecule has 6 heteroatoms. The van der Waals surface area contributed by atoms with Gasteiger partial charge in [-0.25, -0.2) is 0 Å². The fourth-order valence-corrected chi connectivity index (χ4v) is 2.35. The quantitative estimate of drug-likeness (QED) is 0.854. The van der Waals surface area contributed by atoms with Gasteiger partial charge in [-0.05, 0) is 43.7 Å². The first kappa shape index (κ1) is 15.4. The lowest BCUT2D eigenvalue weighted by Crippen LogP contribution is -2.43. The number of carbonyl (C=O) groups excluding carboxylic acids is 1. The molecule has 1 aliphatic heterocycles. The van der Waals surface area contributed by atoms with Gasteiger partial charge in [0.05, 0.1) is 19.4 Å². The van der Waals surface area contributed by atoms with Gasteiger partial charge in [-0.2, -0.15) is 0 Å². The van der Waals surface area contributed by atoms with Gasteiger partial charge in [0.1, 0.15) is 5.76 Å². The van der Waals surface area contributed by atoms with E-state index in [2.05, 4.69) is 10.6 Å². The highest BCUT2D eigenvalue weighted by atomic mass is 16.7. The smallest absolute Gasteiger partial charge is 0.234 e. The third-order valence-corrected chi connectivity index (χ3v) is 3.83. The second-order valence-corrected chi connectivity index (χ2v) is 5.90. The van der Waals surface area contributed by atoms with Crippen molar-refractivity contribution in [3.05, 3.63) is 47.9 Å². The predicted octanol–water partition coefficient (Wildman–Crippen LogP) is 2.15. The Balaban J connectivity index is 1.54. The molecule has 0 spiro atoms. The molecule has 122 valence electrons. The lowest BCUT2D eigenvalue weighted by molar-refractivity contribution is -0.120. The lowest BCUT2D eigenvalue weighted by Gasteiger charge is -2.27. The molecular weight excluding hydrogens is 296 g/mol. The van der Waals surface area contributed by atoms with E-state index in [1.807, 2.05) is 38.1 Å². The van der Waals surface area contributed by atoms with Crippen LogP contribution in [0.15, 0.2) is 41.0 Å². The molecule has 1 aromatic carbocycles. The van der Waals surface area contributed by atoms with Crippen LogP contribution in [0.1, 0.15) is 25.2 Å². The molecule has 1 amide bonds. The molecule has 6 nitrogen and oxygen atoms in total. The number of hydrogen-bond donors (Lipinski definition) is 2. The van der Waals surface area contributed by atoms with Crippen LogP contribution in [0.4, 0.5) is 0 Å². The summed E-state index contributed by atoms with van der Waals surface area (Å²) in [5.41, 5.74) is 0.656. The Morgan fingerprint density at radius 2 is 2.04 bits per heavy atom. The molecule has 3 rings (SSSR count). The number of nitrogens with one attached hydrogen (secondary N) is 2. The summed E-state index contributed by atoms with van der Waals surface area (Å²) in [5, 5.41) is 6.07. The zero-order valence-corrected chi connectivity index (χ0v) is 13.2. The number of rotatable bonds is 6. The molecule has 0 saturated carbocycles. The number of benzene rings is 1. The Morgan fingerprint density at radius 1 is 1.22 bits per heavy atom. The van der Waals surface area contributed by atoms with Gasteiger partial charge in [0.15, 0.2) is 11.5 Å². The third kappa shape index (κ3) is 3.65. The average molecular weight is 316 g/mol. The normalized spacial score (nSPS) is 13.1. The standard InChI is InChI=1S/C17H20N2O4/c1-17(2,12-5-6-14-15(8-12)23-11-22-14)19-10-16(20)18-9-13-4-3-7-21-13/h3-8,19H,9-11H2,1-2H3,(H,18,20). The van der Waals surface area contributed by atoms with Crippen molar-refractivity contribution in [2.24, 2.45) is 0 Å². The molecule has 1 aliphatic rings. The summed E-state index contributed by atoms with van der Waals surface area (Å²) in [7, 11) is 0. The first-order chi connectivity index (χ1) is 11.0. The topological polar surface area (TPSA) is 72.7 Å². The van der Waals surface area contributed by atoms with E-state index in [-0.39, 0.29) is 24.8 Å². The Labute approximate surface area is 134 Å². The highest BCUT2D eigenvalue weighted by molar-refractivity contribution is 5.78. The van der Waals surface area contributed by atoms with Crippen LogP contribution in [0.3, 0.4) is 0 Å². The van der Waals surface area contributed by atoms with Gasteiger partial charge in [-0.3, -0.25) is 10.1 Å². The number of hydrogen-bond acceptors (Lipinski definition) is 5. The molecule has 2 aromatic rings. The van der Waals surface area contributed by atoms with Crippen molar-refractivity contribution < 1.29 is 18.7 Å². The summed E-state index contributed by atoms with van der Waals surface area (Å²) in [5.74, 6) is 2.13. The van der Waals surface area contributed by atoms with Crippen LogP contribution in [0, 0.1) is 0 Å². The summed E-state index contributed by atoms with van der Waals surface area (Å²) in [4.78, 5) is 11.9. The Bertz CT molecular complexity index is 680. The van der Waals surface area contributed by atoms with Crippen molar-refractivity contribution in [3.8, 4) is 11.5 Å². The van der Waals surface area contributed by atoms with E-state index in [1.54, 1.807) is 12.3 Å². The fourth-order valence-electron chi connectivity index (χ4n) is 2.35. The van der Waals surface area contributed by atoms with Crippen molar-refractivity contribution in [2.45, 2.75) is 25.9 Å². The van der Waals surface area contributed by atoms with E-state index in [0.29, 0.717) is 6.54 Å². The van der Waals surface area contributed by atoms with Gasteiger partial charge in [0.2, 0.25) is 12.7 Å². The van der Waals surface area contributed by atoms with Crippen molar-refractivity contribution in [3.63, 3.8) is 0 Å². The maximum absolute atomic E-state index is 11.9. The minimum absolute atomic E-state index is 0.0878. The van der Waals surface area contributed by atoms with E-state index >= 15 is 0 Å². The average Bonchev–Trinajstić information content (AvgIpc) is 3.21. The van der Waals surface area contributed by atoms with Crippen LogP contribution in [0.25, 0.3) is 0 Å². The summed E-state index contributed by atoms with van der Waals surface area (Å²) in [6.07, 6.45) is 1.59. The predicted molar refractivity (Wildman–Crippen MR) is 84.1 cm³/mol. The highest BCUT2D eigenvalue weighted by Gasteiger charge is 2.24.